The Morgan fingerprint density at radius 1 is 1.29 bits per heavy atom. The molecule has 2 aromatic rings. The van der Waals surface area contributed by atoms with Crippen molar-refractivity contribution in [3.8, 4) is 5.75 Å². The van der Waals surface area contributed by atoms with E-state index in [1.807, 2.05) is 0 Å². The molecule has 0 aliphatic carbocycles. The van der Waals surface area contributed by atoms with Gasteiger partial charge in [-0.1, -0.05) is 12.1 Å². The predicted molar refractivity (Wildman–Crippen MR) is 48.2 cm³/mol. The van der Waals surface area contributed by atoms with Crippen LogP contribution < -0.4 is 0 Å². The fourth-order valence-corrected chi connectivity index (χ4v) is 1.16. The molecule has 2 N–H and O–H groups in total. The predicted octanol–water partition coefficient (Wildman–Crippen LogP) is 1.03. The Kier molecular flexibility index (Phi) is 1.78. The number of benzene rings is 1. The average molecular weight is 190 g/mol. The van der Waals surface area contributed by atoms with Crippen molar-refractivity contribution in [1.82, 2.24) is 10.2 Å². The third-order valence-corrected chi connectivity index (χ3v) is 1.82. The lowest BCUT2D eigenvalue weighted by Crippen LogP contribution is -2.01. The normalized spacial score (nSPS) is 10.3. The van der Waals surface area contributed by atoms with E-state index in [0.717, 1.165) is 0 Å². The Balaban J connectivity index is 2.73. The van der Waals surface area contributed by atoms with Crippen LogP contribution in [0.15, 0.2) is 24.3 Å². The highest BCUT2D eigenvalue weighted by Crippen LogP contribution is 2.21. The molecule has 0 aliphatic heterocycles. The molecule has 0 radical (unpaired) electrons. The van der Waals surface area contributed by atoms with Gasteiger partial charge in [0.15, 0.2) is 5.69 Å². The topological polar surface area (TPSA) is 83.3 Å². The van der Waals surface area contributed by atoms with Crippen molar-refractivity contribution in [2.45, 2.75) is 0 Å². The SMILES string of the molecule is O=C(O)c1cc2cccc(O)c2nn1. The number of nitrogens with zero attached hydrogens (tertiary/aromatic N) is 2. The van der Waals surface area contributed by atoms with Gasteiger partial charge in [-0.05, 0) is 12.1 Å². The summed E-state index contributed by atoms with van der Waals surface area (Å²) < 4.78 is 0. The molecule has 5 nitrogen and oxygen atoms in total. The molecular weight excluding hydrogens is 184 g/mol. The highest BCUT2D eigenvalue weighted by Gasteiger charge is 2.08. The van der Waals surface area contributed by atoms with Crippen LogP contribution in [0, 0.1) is 0 Å². The molecule has 70 valence electrons. The first-order chi connectivity index (χ1) is 6.68. The van der Waals surface area contributed by atoms with Gasteiger partial charge in [0.25, 0.3) is 0 Å². The van der Waals surface area contributed by atoms with Crippen molar-refractivity contribution in [3.05, 3.63) is 30.0 Å². The fourth-order valence-electron chi connectivity index (χ4n) is 1.16. The van der Waals surface area contributed by atoms with Crippen LogP contribution >= 0.6 is 0 Å². The molecular formula is C9H6N2O3. The number of fused-ring (bicyclic) bond motifs is 1. The van der Waals surface area contributed by atoms with E-state index in [1.54, 1.807) is 12.1 Å². The summed E-state index contributed by atoms with van der Waals surface area (Å²) in [5.74, 6) is -1.14. The zero-order chi connectivity index (χ0) is 10.1. The summed E-state index contributed by atoms with van der Waals surface area (Å²) >= 11 is 0. The number of hydrogen-bond donors (Lipinski definition) is 2. The monoisotopic (exact) mass is 190 g/mol. The minimum absolute atomic E-state index is 0.00746. The van der Waals surface area contributed by atoms with Crippen LogP contribution in [0.4, 0.5) is 0 Å². The molecule has 0 unspecified atom stereocenters. The summed E-state index contributed by atoms with van der Waals surface area (Å²) in [4.78, 5) is 10.6. The Morgan fingerprint density at radius 3 is 2.79 bits per heavy atom. The van der Waals surface area contributed by atoms with E-state index < -0.39 is 5.97 Å². The molecule has 0 fully saturated rings. The van der Waals surface area contributed by atoms with Gasteiger partial charge in [-0.2, -0.15) is 0 Å². The van der Waals surface area contributed by atoms with Crippen LogP contribution in [0.25, 0.3) is 10.9 Å². The summed E-state index contributed by atoms with van der Waals surface area (Å²) in [6, 6.07) is 6.11. The van der Waals surface area contributed by atoms with Gasteiger partial charge in [-0.15, -0.1) is 10.2 Å². The molecule has 5 heteroatoms. The standard InChI is InChI=1S/C9H6N2O3/c12-7-3-1-2-5-4-6(9(13)14)10-11-8(5)7/h1-4,12H,(H,13,14). The lowest BCUT2D eigenvalue weighted by Gasteiger charge is -1.99. The van der Waals surface area contributed by atoms with Gasteiger partial charge in [0.1, 0.15) is 11.3 Å². The maximum Gasteiger partial charge on any atom is 0.356 e. The Morgan fingerprint density at radius 2 is 2.07 bits per heavy atom. The fraction of sp³-hybridized carbons (Fsp3) is 0. The third kappa shape index (κ3) is 1.24. The van der Waals surface area contributed by atoms with Crippen molar-refractivity contribution in [3.63, 3.8) is 0 Å². The number of aromatic nitrogens is 2. The molecule has 1 aromatic carbocycles. The van der Waals surface area contributed by atoms with Crippen LogP contribution in [0.5, 0.6) is 5.75 Å². The minimum atomic E-state index is -1.14. The third-order valence-electron chi connectivity index (χ3n) is 1.82. The van der Waals surface area contributed by atoms with E-state index in [-0.39, 0.29) is 11.4 Å². The smallest absolute Gasteiger partial charge is 0.356 e. The molecule has 1 aromatic heterocycles. The second kappa shape index (κ2) is 2.95. The summed E-state index contributed by atoms with van der Waals surface area (Å²) in [5.41, 5.74) is 0.167. The lowest BCUT2D eigenvalue weighted by atomic mass is 10.2. The number of hydrogen-bond acceptors (Lipinski definition) is 4. The number of phenols is 1. The van der Waals surface area contributed by atoms with Gasteiger partial charge in [-0.3, -0.25) is 0 Å². The molecule has 1 heterocycles. The van der Waals surface area contributed by atoms with E-state index in [2.05, 4.69) is 10.2 Å². The van der Waals surface area contributed by atoms with E-state index in [9.17, 15) is 9.90 Å². The minimum Gasteiger partial charge on any atom is -0.506 e. The Bertz CT molecular complexity index is 510. The quantitative estimate of drug-likeness (QED) is 0.701. The second-order valence-electron chi connectivity index (χ2n) is 2.75. The number of carboxylic acid groups (broad SMARTS) is 1. The highest BCUT2D eigenvalue weighted by atomic mass is 16.4. The van der Waals surface area contributed by atoms with Gasteiger partial charge < -0.3 is 10.2 Å². The molecule has 2 rings (SSSR count). The van der Waals surface area contributed by atoms with Crippen LogP contribution in [0.2, 0.25) is 0 Å². The number of aromatic carboxylic acids is 1. The van der Waals surface area contributed by atoms with Gasteiger partial charge >= 0.3 is 5.97 Å². The molecule has 0 amide bonds. The lowest BCUT2D eigenvalue weighted by molar-refractivity contribution is 0.0689. The number of carboxylic acids is 1. The van der Waals surface area contributed by atoms with Crippen molar-refractivity contribution >= 4 is 16.9 Å². The highest BCUT2D eigenvalue weighted by molar-refractivity contribution is 5.91. The van der Waals surface area contributed by atoms with Gasteiger partial charge in [-0.25, -0.2) is 4.79 Å². The number of aromatic hydroxyl groups is 1. The average Bonchev–Trinajstić information content (AvgIpc) is 2.17. The first-order valence-corrected chi connectivity index (χ1v) is 3.87. The maximum absolute atomic E-state index is 10.6. The maximum atomic E-state index is 10.6. The van der Waals surface area contributed by atoms with Gasteiger partial charge in [0.2, 0.25) is 0 Å². The van der Waals surface area contributed by atoms with Crippen molar-refractivity contribution in [1.29, 1.82) is 0 Å². The van der Waals surface area contributed by atoms with Gasteiger partial charge in [0, 0.05) is 5.39 Å². The molecule has 0 aliphatic rings. The van der Waals surface area contributed by atoms with Crippen LogP contribution in [0.3, 0.4) is 0 Å². The zero-order valence-corrected chi connectivity index (χ0v) is 7.01. The van der Waals surface area contributed by atoms with E-state index in [0.29, 0.717) is 10.9 Å². The van der Waals surface area contributed by atoms with Crippen LogP contribution in [0.1, 0.15) is 10.5 Å². The summed E-state index contributed by atoms with van der Waals surface area (Å²) in [5, 5.41) is 25.6. The first kappa shape index (κ1) is 8.43. The molecule has 0 bridgehead atoms. The van der Waals surface area contributed by atoms with E-state index in [4.69, 9.17) is 5.11 Å². The van der Waals surface area contributed by atoms with E-state index in [1.165, 1.54) is 12.1 Å². The van der Waals surface area contributed by atoms with E-state index >= 15 is 0 Å². The first-order valence-electron chi connectivity index (χ1n) is 3.87. The van der Waals surface area contributed by atoms with Crippen molar-refractivity contribution in [2.75, 3.05) is 0 Å². The van der Waals surface area contributed by atoms with Crippen LogP contribution in [-0.4, -0.2) is 26.4 Å². The number of carbonyl (C=O) groups is 1. The number of rotatable bonds is 1. The molecule has 0 saturated heterocycles. The number of phenolic OH excluding ortho intramolecular Hbond substituents is 1. The largest absolute Gasteiger partial charge is 0.506 e. The second-order valence-corrected chi connectivity index (χ2v) is 2.75. The van der Waals surface area contributed by atoms with Crippen molar-refractivity contribution < 1.29 is 15.0 Å². The Labute approximate surface area is 78.6 Å². The molecule has 14 heavy (non-hydrogen) atoms. The summed E-state index contributed by atoms with van der Waals surface area (Å²) in [6.07, 6.45) is 0. The molecule has 0 atom stereocenters. The molecule has 0 spiro atoms. The zero-order valence-electron chi connectivity index (χ0n) is 7.01. The molecule has 0 saturated carbocycles. The van der Waals surface area contributed by atoms with Crippen molar-refractivity contribution in [2.24, 2.45) is 0 Å². The summed E-state index contributed by atoms with van der Waals surface area (Å²) in [6.45, 7) is 0. The summed E-state index contributed by atoms with van der Waals surface area (Å²) in [7, 11) is 0. The Hall–Kier alpha value is -2.17. The van der Waals surface area contributed by atoms with Crippen LogP contribution in [-0.2, 0) is 0 Å². The van der Waals surface area contributed by atoms with Gasteiger partial charge in [0.05, 0.1) is 0 Å².